The van der Waals surface area contributed by atoms with Gasteiger partial charge in [0, 0.05) is 43.8 Å². The molecule has 2 N–H and O–H groups in total. The normalized spacial score (nSPS) is 12.0. The summed E-state index contributed by atoms with van der Waals surface area (Å²) in [5.41, 5.74) is 8.58. The molecule has 0 amide bonds. The molecule has 0 radical (unpaired) electrons. The molecule has 2 aliphatic heterocycles. The summed E-state index contributed by atoms with van der Waals surface area (Å²) in [6.45, 7) is 0. The van der Waals surface area contributed by atoms with E-state index < -0.39 is 0 Å². The van der Waals surface area contributed by atoms with Crippen molar-refractivity contribution < 1.29 is 0 Å². The Hall–Kier alpha value is -7.06. The van der Waals surface area contributed by atoms with Gasteiger partial charge < -0.3 is 9.97 Å². The summed E-state index contributed by atoms with van der Waals surface area (Å²) < 4.78 is 0. The van der Waals surface area contributed by atoms with Gasteiger partial charge in [-0.3, -0.25) is 0 Å². The molecule has 0 atom stereocenters. The largest absolute Gasteiger partial charge is 0.324 e. The maximum absolute atomic E-state index is 5.21. The van der Waals surface area contributed by atoms with Crippen molar-refractivity contribution in [2.24, 2.45) is 0 Å². The van der Waals surface area contributed by atoms with Crippen molar-refractivity contribution in [1.82, 2.24) is 39.9 Å². The van der Waals surface area contributed by atoms with Gasteiger partial charge in [-0.25, -0.2) is 29.9 Å². The molecular formula is C42H24N8. The van der Waals surface area contributed by atoms with Gasteiger partial charge in [-0.1, -0.05) is 121 Å². The fraction of sp³-hybridized carbons (Fsp3) is 0. The predicted molar refractivity (Wildman–Crippen MR) is 199 cm³/mol. The third kappa shape index (κ3) is 3.99. The Morgan fingerprint density at radius 3 is 1.24 bits per heavy atom. The Morgan fingerprint density at radius 1 is 0.300 bits per heavy atom. The summed E-state index contributed by atoms with van der Waals surface area (Å²) >= 11 is 0. The topological polar surface area (TPSA) is 109 Å². The van der Waals surface area contributed by atoms with Crippen molar-refractivity contribution in [3.63, 3.8) is 0 Å². The number of nitrogens with zero attached hydrogens (tertiary/aromatic N) is 6. The van der Waals surface area contributed by atoms with Gasteiger partial charge in [0.1, 0.15) is 22.6 Å². The van der Waals surface area contributed by atoms with Crippen LogP contribution in [-0.4, -0.2) is 39.9 Å². The number of rotatable bonds is 1. The minimum Gasteiger partial charge on any atom is -0.324 e. The van der Waals surface area contributed by atoms with Crippen molar-refractivity contribution in [2.45, 2.75) is 0 Å². The van der Waals surface area contributed by atoms with Crippen LogP contribution in [0.5, 0.6) is 0 Å². The van der Waals surface area contributed by atoms with Crippen LogP contribution in [0, 0.1) is 0 Å². The van der Waals surface area contributed by atoms with E-state index in [0.717, 1.165) is 54.9 Å². The molecule has 232 valence electrons. The molecule has 0 unspecified atom stereocenters. The second-order valence-corrected chi connectivity index (χ2v) is 12.5. The van der Waals surface area contributed by atoms with Gasteiger partial charge in [-0.05, 0) is 34.0 Å². The van der Waals surface area contributed by atoms with E-state index in [9.17, 15) is 0 Å². The first kappa shape index (κ1) is 26.9. The first-order valence-electron chi connectivity index (χ1n) is 16.5. The number of H-pyrrole nitrogens is 2. The van der Waals surface area contributed by atoms with Gasteiger partial charge in [-0.15, -0.1) is 0 Å². The minimum absolute atomic E-state index is 0.580. The molecule has 0 saturated carbocycles. The summed E-state index contributed by atoms with van der Waals surface area (Å²) in [5, 5.41) is 6.15. The standard InChI is InChI=1S/C42H24N8/c1-2-12-25-23(10-1)11-9-19-26(25)24-20-21-33-34(22-24)42-49-40-32-18-8-7-17-31(32)38(47-40)45-36-28-14-4-3-13-27(28)35(43-36)44-37-29-15-5-6-16-30(29)39(46-37)48-41(33)50-42/h1-22H,(H2,43,44,45,46,47,48,49,50). The first-order valence-corrected chi connectivity index (χ1v) is 16.5. The van der Waals surface area contributed by atoms with E-state index >= 15 is 0 Å². The zero-order valence-corrected chi connectivity index (χ0v) is 26.4. The molecule has 9 aromatic rings. The van der Waals surface area contributed by atoms with Crippen LogP contribution in [0.2, 0.25) is 0 Å². The van der Waals surface area contributed by atoms with E-state index in [1.165, 1.54) is 10.8 Å². The number of nitrogens with one attached hydrogen (secondary N) is 2. The lowest BCUT2D eigenvalue weighted by atomic mass is 9.97. The number of aromatic amines is 2. The zero-order valence-electron chi connectivity index (χ0n) is 26.4. The lowest BCUT2D eigenvalue weighted by Crippen LogP contribution is -1.83. The van der Waals surface area contributed by atoms with E-state index in [2.05, 4.69) is 70.6 Å². The van der Waals surface area contributed by atoms with Gasteiger partial charge in [0.15, 0.2) is 23.3 Å². The highest BCUT2D eigenvalue weighted by Gasteiger charge is 2.22. The summed E-state index contributed by atoms with van der Waals surface area (Å²) in [4.78, 5) is 37.6. The molecule has 0 fully saturated rings. The van der Waals surface area contributed by atoms with Gasteiger partial charge in [-0.2, -0.15) is 0 Å². The summed E-state index contributed by atoms with van der Waals surface area (Å²) in [7, 11) is 0. The fourth-order valence-corrected chi connectivity index (χ4v) is 7.29. The molecule has 3 aromatic heterocycles. The number of hydrogen-bond acceptors (Lipinski definition) is 6. The molecule has 0 spiro atoms. The van der Waals surface area contributed by atoms with Crippen LogP contribution in [0.1, 0.15) is 0 Å². The number of hydrogen-bond donors (Lipinski definition) is 2. The quantitative estimate of drug-likeness (QED) is 0.185. The average molecular weight is 641 g/mol. The summed E-state index contributed by atoms with van der Waals surface area (Å²) in [5.74, 6) is 2.33. The highest BCUT2D eigenvalue weighted by Crippen LogP contribution is 2.38. The lowest BCUT2D eigenvalue weighted by Gasteiger charge is -2.07. The molecule has 8 nitrogen and oxygen atoms in total. The van der Waals surface area contributed by atoms with Crippen LogP contribution in [0.4, 0.5) is 0 Å². The molecule has 0 saturated heterocycles. The number of aromatic nitrogens is 8. The minimum atomic E-state index is 0.580. The van der Waals surface area contributed by atoms with Crippen molar-refractivity contribution in [3.8, 4) is 56.7 Å². The van der Waals surface area contributed by atoms with Crippen LogP contribution in [0.25, 0.3) is 112 Å². The van der Waals surface area contributed by atoms with Crippen molar-refractivity contribution in [1.29, 1.82) is 0 Å². The first-order chi connectivity index (χ1) is 24.7. The Balaban J connectivity index is 1.29. The van der Waals surface area contributed by atoms with Gasteiger partial charge >= 0.3 is 0 Å². The lowest BCUT2D eigenvalue weighted by molar-refractivity contribution is 1.19. The molecule has 6 aromatic carbocycles. The van der Waals surface area contributed by atoms with E-state index in [1.54, 1.807) is 0 Å². The van der Waals surface area contributed by atoms with Gasteiger partial charge in [0.2, 0.25) is 0 Å². The monoisotopic (exact) mass is 640 g/mol. The average Bonchev–Trinajstić information content (AvgIpc) is 3.90. The smallest absolute Gasteiger partial charge is 0.164 e. The van der Waals surface area contributed by atoms with Crippen molar-refractivity contribution in [2.75, 3.05) is 0 Å². The van der Waals surface area contributed by atoms with Crippen LogP contribution in [0.3, 0.4) is 0 Å². The van der Waals surface area contributed by atoms with Crippen molar-refractivity contribution >= 4 is 54.9 Å². The second kappa shape index (κ2) is 10.2. The second-order valence-electron chi connectivity index (χ2n) is 12.5. The van der Waals surface area contributed by atoms with E-state index in [0.29, 0.717) is 45.9 Å². The number of fused-ring (bicyclic) bond motifs is 21. The predicted octanol–water partition coefficient (Wildman–Crippen LogP) is 9.69. The van der Waals surface area contributed by atoms with Gasteiger partial charge in [0.25, 0.3) is 0 Å². The van der Waals surface area contributed by atoms with Crippen LogP contribution >= 0.6 is 0 Å². The molecular weight excluding hydrogens is 617 g/mol. The molecule has 8 bridgehead atoms. The Kier molecular flexibility index (Phi) is 5.51. The molecule has 0 aliphatic carbocycles. The third-order valence-corrected chi connectivity index (χ3v) is 9.65. The maximum Gasteiger partial charge on any atom is 0.164 e. The van der Waals surface area contributed by atoms with Gasteiger partial charge in [0.05, 0.1) is 0 Å². The Labute approximate surface area is 284 Å². The molecule has 11 rings (SSSR count). The van der Waals surface area contributed by atoms with E-state index in [1.807, 2.05) is 72.8 Å². The summed E-state index contributed by atoms with van der Waals surface area (Å²) in [6, 6.07) is 45.6. The zero-order chi connectivity index (χ0) is 32.8. The molecule has 8 heteroatoms. The number of benzene rings is 6. The molecule has 2 aliphatic rings. The van der Waals surface area contributed by atoms with E-state index in [4.69, 9.17) is 29.9 Å². The fourth-order valence-electron chi connectivity index (χ4n) is 7.29. The Bertz CT molecular complexity index is 3050. The summed E-state index contributed by atoms with van der Waals surface area (Å²) in [6.07, 6.45) is 0. The van der Waals surface area contributed by atoms with Crippen LogP contribution in [-0.2, 0) is 0 Å². The third-order valence-electron chi connectivity index (χ3n) is 9.65. The van der Waals surface area contributed by atoms with E-state index in [-0.39, 0.29) is 0 Å². The van der Waals surface area contributed by atoms with Crippen LogP contribution < -0.4 is 0 Å². The highest BCUT2D eigenvalue weighted by molar-refractivity contribution is 6.08. The maximum atomic E-state index is 5.21. The van der Waals surface area contributed by atoms with Crippen molar-refractivity contribution in [3.05, 3.63) is 133 Å². The molecule has 50 heavy (non-hydrogen) atoms. The SMILES string of the molecule is c1ccc2c(c1)-c1nc-2nc2[nH]c(nc3nc(nc4[nH]c(n1)c1ccccc41)-c1ccccc1-3)c1cc(-c3cccc4ccccc34)ccc21. The van der Waals surface area contributed by atoms with Crippen LogP contribution in [0.15, 0.2) is 133 Å². The molecule has 5 heterocycles. The Morgan fingerprint density at radius 2 is 0.700 bits per heavy atom. The highest BCUT2D eigenvalue weighted by atomic mass is 15.1.